The molecule has 1 heterocycles. The fourth-order valence-electron chi connectivity index (χ4n) is 1.12. The Morgan fingerprint density at radius 3 is 1.75 bits per heavy atom. The number of quaternary nitrogens is 1. The van der Waals surface area contributed by atoms with Crippen LogP contribution >= 0.6 is 0 Å². The van der Waals surface area contributed by atoms with Crippen molar-refractivity contribution in [2.24, 2.45) is 0 Å². The van der Waals surface area contributed by atoms with Gasteiger partial charge in [0.25, 0.3) is 0 Å². The number of carbonyl (C=O) groups is 2. The van der Waals surface area contributed by atoms with Gasteiger partial charge in [-0.1, -0.05) is 0 Å². The van der Waals surface area contributed by atoms with Crippen molar-refractivity contribution in [3.63, 3.8) is 0 Å². The third kappa shape index (κ3) is 1.26. The number of hydrogen-bond acceptors (Lipinski definition) is 3. The van der Waals surface area contributed by atoms with Gasteiger partial charge in [-0.3, -0.25) is 0 Å². The van der Waals surface area contributed by atoms with E-state index in [0.717, 1.165) is 0 Å². The molecule has 0 aromatic carbocycles. The lowest BCUT2D eigenvalue weighted by atomic mass is 10.3. The Hall–Kier alpha value is -1.14. The highest BCUT2D eigenvalue weighted by Gasteiger charge is 2.47. The molecule has 0 spiro atoms. The summed E-state index contributed by atoms with van der Waals surface area (Å²) in [6.45, 7) is 0.340. The smallest absolute Gasteiger partial charge is 0.435 e. The molecule has 6 nitrogen and oxygen atoms in total. The molecule has 0 aliphatic carbocycles. The number of carboxylic acid groups (broad SMARTS) is 2. The van der Waals surface area contributed by atoms with Crippen LogP contribution in [0.2, 0.25) is 0 Å². The number of morpholine rings is 1. The van der Waals surface area contributed by atoms with Crippen molar-refractivity contribution in [2.75, 3.05) is 26.3 Å². The van der Waals surface area contributed by atoms with Crippen LogP contribution in [0.1, 0.15) is 0 Å². The SMILES string of the molecule is O=C(O)[N+]1(C(=O)O)CCOCC1. The minimum atomic E-state index is -1.33. The molecule has 0 radical (unpaired) electrons. The molecule has 0 unspecified atom stereocenters. The Bertz CT molecular complexity index is 192. The van der Waals surface area contributed by atoms with Crippen molar-refractivity contribution in [3.8, 4) is 0 Å². The van der Waals surface area contributed by atoms with Crippen LogP contribution in [0.3, 0.4) is 0 Å². The van der Waals surface area contributed by atoms with Crippen LogP contribution in [0.5, 0.6) is 0 Å². The van der Waals surface area contributed by atoms with Crippen molar-refractivity contribution in [3.05, 3.63) is 0 Å². The van der Waals surface area contributed by atoms with Crippen LogP contribution in [0.25, 0.3) is 0 Å². The summed E-state index contributed by atoms with van der Waals surface area (Å²) in [7, 11) is 0. The largest absolute Gasteiger partial charge is 0.524 e. The van der Waals surface area contributed by atoms with Gasteiger partial charge in [0.15, 0.2) is 0 Å². The molecule has 1 aliphatic rings. The third-order valence-electron chi connectivity index (χ3n) is 1.97. The molecule has 2 amide bonds. The average Bonchev–Trinajstić information content (AvgIpc) is 2.05. The Morgan fingerprint density at radius 1 is 1.08 bits per heavy atom. The van der Waals surface area contributed by atoms with Gasteiger partial charge in [0.2, 0.25) is 0 Å². The second-order valence-corrected chi connectivity index (χ2v) is 2.59. The number of rotatable bonds is 0. The first-order chi connectivity index (χ1) is 5.59. The van der Waals surface area contributed by atoms with E-state index in [0.29, 0.717) is 0 Å². The Kier molecular flexibility index (Phi) is 2.30. The van der Waals surface area contributed by atoms with Crippen LogP contribution in [-0.4, -0.2) is 53.2 Å². The lowest BCUT2D eigenvalue weighted by Gasteiger charge is -2.29. The molecular weight excluding hydrogens is 166 g/mol. The highest BCUT2D eigenvalue weighted by atomic mass is 16.5. The highest BCUT2D eigenvalue weighted by Crippen LogP contribution is 2.12. The van der Waals surface area contributed by atoms with Gasteiger partial charge in [0.1, 0.15) is 13.1 Å². The molecule has 0 aromatic heterocycles. The highest BCUT2D eigenvalue weighted by molar-refractivity contribution is 5.73. The predicted molar refractivity (Wildman–Crippen MR) is 36.9 cm³/mol. The van der Waals surface area contributed by atoms with E-state index in [1.54, 1.807) is 0 Å². The quantitative estimate of drug-likeness (QED) is 0.514. The first kappa shape index (κ1) is 8.95. The molecule has 1 rings (SSSR count). The Balaban J connectivity index is 2.84. The molecule has 12 heavy (non-hydrogen) atoms. The zero-order valence-electron chi connectivity index (χ0n) is 6.39. The molecule has 6 heteroatoms. The minimum absolute atomic E-state index is 0.00926. The van der Waals surface area contributed by atoms with Crippen LogP contribution in [0.4, 0.5) is 9.59 Å². The maximum atomic E-state index is 10.7. The van der Waals surface area contributed by atoms with E-state index in [4.69, 9.17) is 14.9 Å². The number of nitrogens with zero attached hydrogens (tertiary/aromatic N) is 1. The molecule has 0 atom stereocenters. The normalized spacial score (nSPS) is 21.7. The van der Waals surface area contributed by atoms with E-state index < -0.39 is 16.7 Å². The topological polar surface area (TPSA) is 83.8 Å². The molecule has 0 saturated carbocycles. The Labute approximate surface area is 68.6 Å². The average molecular weight is 176 g/mol. The number of imide groups is 1. The molecule has 1 fully saturated rings. The van der Waals surface area contributed by atoms with Crippen LogP contribution in [0.15, 0.2) is 0 Å². The summed E-state index contributed by atoms with van der Waals surface area (Å²) in [4.78, 5) is 21.3. The zero-order chi connectivity index (χ0) is 9.19. The van der Waals surface area contributed by atoms with Crippen molar-refractivity contribution in [1.29, 1.82) is 0 Å². The third-order valence-corrected chi connectivity index (χ3v) is 1.97. The van der Waals surface area contributed by atoms with Gasteiger partial charge in [0.05, 0.1) is 13.2 Å². The number of hydrogen-bond donors (Lipinski definition) is 2. The van der Waals surface area contributed by atoms with Crippen molar-refractivity contribution in [2.45, 2.75) is 0 Å². The van der Waals surface area contributed by atoms with Crippen molar-refractivity contribution < 1.29 is 29.0 Å². The standard InChI is InChI=1S/C6H9NO5/c8-5(9)7(6(10)11)1-3-12-4-2-7/h1-4H2,(H-,8,9,10,11)/p+1. The lowest BCUT2D eigenvalue weighted by Crippen LogP contribution is -2.61. The first-order valence-corrected chi connectivity index (χ1v) is 3.51. The van der Waals surface area contributed by atoms with Gasteiger partial charge in [-0.05, 0) is 0 Å². The number of amides is 2. The fourth-order valence-corrected chi connectivity index (χ4v) is 1.12. The van der Waals surface area contributed by atoms with Gasteiger partial charge >= 0.3 is 12.2 Å². The van der Waals surface area contributed by atoms with E-state index in [2.05, 4.69) is 0 Å². The van der Waals surface area contributed by atoms with Crippen LogP contribution in [0, 0.1) is 0 Å². The monoisotopic (exact) mass is 176 g/mol. The summed E-state index contributed by atoms with van der Waals surface area (Å²) in [5.74, 6) is 0. The lowest BCUT2D eigenvalue weighted by molar-refractivity contribution is -0.794. The van der Waals surface area contributed by atoms with Gasteiger partial charge in [0, 0.05) is 0 Å². The summed E-state index contributed by atoms with van der Waals surface area (Å²) in [6, 6.07) is 0. The summed E-state index contributed by atoms with van der Waals surface area (Å²) >= 11 is 0. The molecule has 1 aliphatic heterocycles. The molecular formula is C6H10NO5+. The summed E-state index contributed by atoms with van der Waals surface area (Å²) in [5, 5.41) is 17.4. The summed E-state index contributed by atoms with van der Waals surface area (Å²) < 4.78 is 3.95. The maximum absolute atomic E-state index is 10.7. The van der Waals surface area contributed by atoms with E-state index in [-0.39, 0.29) is 26.3 Å². The van der Waals surface area contributed by atoms with Gasteiger partial charge < -0.3 is 14.9 Å². The van der Waals surface area contributed by atoms with Gasteiger partial charge in [-0.15, -0.1) is 4.48 Å². The zero-order valence-corrected chi connectivity index (χ0v) is 6.39. The van der Waals surface area contributed by atoms with Gasteiger partial charge in [-0.25, -0.2) is 0 Å². The van der Waals surface area contributed by atoms with E-state index >= 15 is 0 Å². The van der Waals surface area contributed by atoms with E-state index in [1.807, 2.05) is 0 Å². The maximum Gasteiger partial charge on any atom is 0.524 e. The van der Waals surface area contributed by atoms with Crippen molar-refractivity contribution in [1.82, 2.24) is 0 Å². The van der Waals surface area contributed by atoms with E-state index in [9.17, 15) is 9.59 Å². The number of ether oxygens (including phenoxy) is 1. The Morgan fingerprint density at radius 2 is 1.50 bits per heavy atom. The minimum Gasteiger partial charge on any atom is -0.435 e. The molecule has 1 saturated heterocycles. The molecule has 2 N–H and O–H groups in total. The second-order valence-electron chi connectivity index (χ2n) is 2.59. The second kappa shape index (κ2) is 3.08. The van der Waals surface area contributed by atoms with E-state index in [1.165, 1.54) is 0 Å². The summed E-state index contributed by atoms with van der Waals surface area (Å²) in [5.41, 5.74) is 0. The van der Waals surface area contributed by atoms with Crippen molar-refractivity contribution >= 4 is 12.2 Å². The van der Waals surface area contributed by atoms with Crippen LogP contribution < -0.4 is 0 Å². The molecule has 0 aromatic rings. The van der Waals surface area contributed by atoms with Gasteiger partial charge in [-0.2, -0.15) is 9.59 Å². The van der Waals surface area contributed by atoms with Crippen LogP contribution in [-0.2, 0) is 4.74 Å². The molecule has 0 bridgehead atoms. The summed E-state index contributed by atoms with van der Waals surface area (Å²) in [6.07, 6.45) is -2.66. The molecule has 68 valence electrons. The fraction of sp³-hybridized carbons (Fsp3) is 0.667. The predicted octanol–water partition coefficient (Wildman–Crippen LogP) is 0.189. The first-order valence-electron chi connectivity index (χ1n) is 3.51.